The first-order chi connectivity index (χ1) is 9.28. The summed E-state index contributed by atoms with van der Waals surface area (Å²) < 4.78 is 5.23. The van der Waals surface area contributed by atoms with Crippen molar-refractivity contribution in [2.45, 2.75) is 6.92 Å². The first-order valence-corrected chi connectivity index (χ1v) is 7.09. The third kappa shape index (κ3) is 4.73. The van der Waals surface area contributed by atoms with Crippen molar-refractivity contribution in [3.8, 4) is 5.75 Å². The van der Waals surface area contributed by atoms with Crippen molar-refractivity contribution in [2.24, 2.45) is 5.92 Å². The summed E-state index contributed by atoms with van der Waals surface area (Å²) in [5.41, 5.74) is 1.13. The number of methoxy groups -OCH3 is 1. The molecule has 1 aromatic rings. The second-order valence-corrected chi connectivity index (χ2v) is 5.27. The molecule has 1 unspecified atom stereocenters. The highest BCUT2D eigenvalue weighted by Crippen LogP contribution is 2.17. The van der Waals surface area contributed by atoms with E-state index >= 15 is 0 Å². The highest BCUT2D eigenvalue weighted by molar-refractivity contribution is 5.48. The third-order valence-electron chi connectivity index (χ3n) is 3.50. The minimum atomic E-state index is 0.643. The molecular formula is C15H25N3O. The van der Waals surface area contributed by atoms with E-state index in [0.717, 1.165) is 31.1 Å². The van der Waals surface area contributed by atoms with E-state index in [-0.39, 0.29) is 0 Å². The van der Waals surface area contributed by atoms with Gasteiger partial charge in [0.15, 0.2) is 0 Å². The number of hydrogen-bond donors (Lipinski definition) is 2. The monoisotopic (exact) mass is 263 g/mol. The van der Waals surface area contributed by atoms with Gasteiger partial charge in [0.25, 0.3) is 0 Å². The number of anilines is 1. The molecular weight excluding hydrogens is 238 g/mol. The first kappa shape index (κ1) is 14.2. The summed E-state index contributed by atoms with van der Waals surface area (Å²) in [6.45, 7) is 9.05. The lowest BCUT2D eigenvalue weighted by molar-refractivity contribution is 0.215. The summed E-state index contributed by atoms with van der Waals surface area (Å²) in [5, 5.41) is 6.87. The lowest BCUT2D eigenvalue weighted by Crippen LogP contribution is -2.45. The topological polar surface area (TPSA) is 36.5 Å². The van der Waals surface area contributed by atoms with Crippen LogP contribution in [0.2, 0.25) is 0 Å². The average Bonchev–Trinajstić information content (AvgIpc) is 2.46. The Labute approximate surface area is 116 Å². The summed E-state index contributed by atoms with van der Waals surface area (Å²) in [6.07, 6.45) is 0. The number of nitrogens with one attached hydrogen (secondary N) is 2. The van der Waals surface area contributed by atoms with Crippen molar-refractivity contribution >= 4 is 5.69 Å². The fourth-order valence-corrected chi connectivity index (χ4v) is 2.42. The smallest absolute Gasteiger partial charge is 0.120 e. The normalized spacial score (nSPS) is 18.0. The molecule has 0 bridgehead atoms. The van der Waals surface area contributed by atoms with Crippen molar-refractivity contribution in [3.05, 3.63) is 24.3 Å². The van der Waals surface area contributed by atoms with E-state index in [1.54, 1.807) is 7.11 Å². The van der Waals surface area contributed by atoms with Gasteiger partial charge >= 0.3 is 0 Å². The highest BCUT2D eigenvalue weighted by atomic mass is 16.5. The molecule has 0 saturated carbocycles. The maximum Gasteiger partial charge on any atom is 0.120 e. The predicted octanol–water partition coefficient (Wildman–Crippen LogP) is 1.65. The number of benzene rings is 1. The van der Waals surface area contributed by atoms with Gasteiger partial charge in [-0.3, -0.25) is 0 Å². The van der Waals surface area contributed by atoms with Crippen molar-refractivity contribution < 1.29 is 4.74 Å². The number of rotatable bonds is 6. The second kappa shape index (κ2) is 7.36. The van der Waals surface area contributed by atoms with Gasteiger partial charge in [-0.2, -0.15) is 0 Å². The standard InChI is InChI=1S/C15H25N3O/c1-13(12-18-8-6-16-7-9-18)11-17-14-4-3-5-15(10-14)19-2/h3-5,10,13,16-17H,6-9,11-12H2,1-2H3. The fraction of sp³-hybridized carbons (Fsp3) is 0.600. The molecule has 0 aliphatic carbocycles. The van der Waals surface area contributed by atoms with Crippen molar-refractivity contribution in [2.75, 3.05) is 51.7 Å². The number of hydrogen-bond acceptors (Lipinski definition) is 4. The molecule has 106 valence electrons. The van der Waals surface area contributed by atoms with Crippen molar-refractivity contribution in [3.63, 3.8) is 0 Å². The molecule has 2 rings (SSSR count). The van der Waals surface area contributed by atoms with Gasteiger partial charge in [-0.05, 0) is 18.1 Å². The molecule has 1 fully saturated rings. The Morgan fingerprint density at radius 1 is 1.37 bits per heavy atom. The van der Waals surface area contributed by atoms with Crippen molar-refractivity contribution in [1.82, 2.24) is 10.2 Å². The maximum absolute atomic E-state index is 5.23. The summed E-state index contributed by atoms with van der Waals surface area (Å²) in [7, 11) is 1.70. The number of piperazine rings is 1. The Balaban J connectivity index is 1.74. The van der Waals surface area contributed by atoms with E-state index in [2.05, 4.69) is 28.5 Å². The molecule has 1 aliphatic rings. The summed E-state index contributed by atoms with van der Waals surface area (Å²) in [6, 6.07) is 8.11. The van der Waals surface area contributed by atoms with Gasteiger partial charge in [-0.15, -0.1) is 0 Å². The molecule has 1 saturated heterocycles. The zero-order valence-electron chi connectivity index (χ0n) is 12.0. The molecule has 0 amide bonds. The van der Waals surface area contributed by atoms with Crippen LogP contribution in [0, 0.1) is 5.92 Å². The Hall–Kier alpha value is -1.26. The van der Waals surface area contributed by atoms with Gasteiger partial charge in [-0.25, -0.2) is 0 Å². The lowest BCUT2D eigenvalue weighted by atomic mass is 10.1. The highest BCUT2D eigenvalue weighted by Gasteiger charge is 2.12. The summed E-state index contributed by atoms with van der Waals surface area (Å²) >= 11 is 0. The van der Waals surface area contributed by atoms with Crippen LogP contribution in [-0.4, -0.2) is 51.3 Å². The van der Waals surface area contributed by atoms with Crippen LogP contribution >= 0.6 is 0 Å². The first-order valence-electron chi connectivity index (χ1n) is 7.09. The Morgan fingerprint density at radius 2 is 2.16 bits per heavy atom. The molecule has 2 N–H and O–H groups in total. The molecule has 4 nitrogen and oxygen atoms in total. The summed E-state index contributed by atoms with van der Waals surface area (Å²) in [5.74, 6) is 1.55. The number of ether oxygens (including phenoxy) is 1. The van der Waals surface area contributed by atoms with E-state index < -0.39 is 0 Å². The molecule has 0 radical (unpaired) electrons. The van der Waals surface area contributed by atoms with E-state index in [4.69, 9.17) is 4.74 Å². The summed E-state index contributed by atoms with van der Waals surface area (Å²) in [4.78, 5) is 2.54. The van der Waals surface area contributed by atoms with Crippen LogP contribution in [0.25, 0.3) is 0 Å². The van der Waals surface area contributed by atoms with Gasteiger partial charge in [0.05, 0.1) is 7.11 Å². The van der Waals surface area contributed by atoms with E-state index in [1.165, 1.54) is 19.6 Å². The van der Waals surface area contributed by atoms with Gasteiger partial charge in [0.2, 0.25) is 0 Å². The largest absolute Gasteiger partial charge is 0.497 e. The van der Waals surface area contributed by atoms with E-state index in [1.807, 2.05) is 18.2 Å². The Bertz CT molecular complexity index is 377. The fourth-order valence-electron chi connectivity index (χ4n) is 2.42. The average molecular weight is 263 g/mol. The molecule has 1 heterocycles. The van der Waals surface area contributed by atoms with Crippen LogP contribution in [0.3, 0.4) is 0 Å². The molecule has 0 spiro atoms. The predicted molar refractivity (Wildman–Crippen MR) is 80.0 cm³/mol. The van der Waals surface area contributed by atoms with Crippen LogP contribution in [0.5, 0.6) is 5.75 Å². The van der Waals surface area contributed by atoms with Gasteiger partial charge < -0.3 is 20.3 Å². The van der Waals surface area contributed by atoms with Gasteiger partial charge in [0, 0.05) is 51.0 Å². The molecule has 4 heteroatoms. The van der Waals surface area contributed by atoms with Crippen molar-refractivity contribution in [1.29, 1.82) is 0 Å². The van der Waals surface area contributed by atoms with Gasteiger partial charge in [-0.1, -0.05) is 13.0 Å². The zero-order chi connectivity index (χ0) is 13.5. The Kier molecular flexibility index (Phi) is 5.48. The Morgan fingerprint density at radius 3 is 2.89 bits per heavy atom. The van der Waals surface area contributed by atoms with Crippen LogP contribution in [0.4, 0.5) is 5.69 Å². The zero-order valence-corrected chi connectivity index (χ0v) is 12.0. The van der Waals surface area contributed by atoms with Gasteiger partial charge in [0.1, 0.15) is 5.75 Å². The second-order valence-electron chi connectivity index (χ2n) is 5.27. The molecule has 19 heavy (non-hydrogen) atoms. The minimum Gasteiger partial charge on any atom is -0.497 e. The molecule has 0 aromatic heterocycles. The van der Waals surface area contributed by atoms with Crippen LogP contribution in [-0.2, 0) is 0 Å². The van der Waals surface area contributed by atoms with Crippen LogP contribution < -0.4 is 15.4 Å². The van der Waals surface area contributed by atoms with E-state index in [0.29, 0.717) is 5.92 Å². The quantitative estimate of drug-likeness (QED) is 0.818. The SMILES string of the molecule is COc1cccc(NCC(C)CN2CCNCC2)c1. The molecule has 1 atom stereocenters. The van der Waals surface area contributed by atoms with Crippen LogP contribution in [0.1, 0.15) is 6.92 Å². The maximum atomic E-state index is 5.23. The third-order valence-corrected chi connectivity index (χ3v) is 3.50. The number of nitrogens with zero attached hydrogens (tertiary/aromatic N) is 1. The van der Waals surface area contributed by atoms with E-state index in [9.17, 15) is 0 Å². The minimum absolute atomic E-state index is 0.643. The lowest BCUT2D eigenvalue weighted by Gasteiger charge is -2.29. The van der Waals surface area contributed by atoms with Crippen LogP contribution in [0.15, 0.2) is 24.3 Å². The molecule has 1 aliphatic heterocycles. The molecule has 1 aromatic carbocycles.